The largest absolute Gasteiger partial charge is 0.481 e. The van der Waals surface area contributed by atoms with E-state index in [9.17, 15) is 45.8 Å². The Kier molecular flexibility index (Phi) is 8.65. The van der Waals surface area contributed by atoms with Crippen molar-refractivity contribution in [2.75, 3.05) is 23.2 Å². The maximum absolute atomic E-state index is 15.1. The lowest BCUT2D eigenvalue weighted by Gasteiger charge is -2.49. The number of alkyl halides is 4. The molecule has 4 aromatic rings. The summed E-state index contributed by atoms with van der Waals surface area (Å²) in [7, 11) is -0.924. The van der Waals surface area contributed by atoms with Crippen molar-refractivity contribution in [3.8, 4) is 0 Å². The van der Waals surface area contributed by atoms with Gasteiger partial charge in [0.1, 0.15) is 23.0 Å². The number of carboxylic acids is 1. The second-order valence-electron chi connectivity index (χ2n) is 14.4. The van der Waals surface area contributed by atoms with Gasteiger partial charge in [0, 0.05) is 39.0 Å². The van der Waals surface area contributed by atoms with Gasteiger partial charge >= 0.3 is 12.1 Å². The molecule has 3 N–H and O–H groups in total. The van der Waals surface area contributed by atoms with Gasteiger partial charge in [-0.3, -0.25) is 18.8 Å². The number of carboxylic acid groups (broad SMARTS) is 1. The second-order valence-corrected chi connectivity index (χ2v) is 16.4. The van der Waals surface area contributed by atoms with Gasteiger partial charge < -0.3 is 20.1 Å². The Bertz CT molecular complexity index is 2240. The molecule has 53 heavy (non-hydrogen) atoms. The molecule has 4 aliphatic rings. The lowest BCUT2D eigenvalue weighted by molar-refractivity contribution is -0.176. The third kappa shape index (κ3) is 6.31. The van der Waals surface area contributed by atoms with Crippen LogP contribution in [-0.2, 0) is 32.8 Å². The van der Waals surface area contributed by atoms with Crippen LogP contribution >= 0.6 is 0 Å². The number of sulfonamides is 1. The van der Waals surface area contributed by atoms with Crippen LogP contribution in [-0.4, -0.2) is 76.0 Å². The number of carbonyl (C=O) groups excluding carboxylic acids is 1. The van der Waals surface area contributed by atoms with E-state index in [4.69, 9.17) is 0 Å². The zero-order chi connectivity index (χ0) is 38.4. The third-order valence-corrected chi connectivity index (χ3v) is 13.0. The molecule has 2 bridgehead atoms. The number of aromatic nitrogens is 2. The lowest BCUT2D eigenvalue weighted by Crippen LogP contribution is -2.58. The Hall–Kier alpha value is -4.61. The van der Waals surface area contributed by atoms with Gasteiger partial charge in [-0.05, 0) is 80.3 Å². The standard InChI is InChI=1S/C36H36F5N5O6S/c1-19-42-29-13-24(9-11-30(29)44(19)2)53(51,52)45(3)22-7-4-20(5-8-22)25-16-35(50,46-18-34(38)14-23(46)15-34)17-26(31(25)33(48)49)32(47)43-28-10-6-21(12-27(28)37)36(39,40)41/h4-13,23,25-26,31,50H,14-18H2,1-3H3,(H,43,47)(H,48,49)/t23?,25?,26-,31-,34?,35-/m0/s1. The van der Waals surface area contributed by atoms with E-state index in [0.717, 1.165) is 15.9 Å². The molecule has 8 rings (SSSR count). The first-order valence-corrected chi connectivity index (χ1v) is 18.3. The Labute approximate surface area is 301 Å². The first kappa shape index (κ1) is 36.7. The molecule has 1 unspecified atom stereocenters. The SMILES string of the molecule is Cc1nc2cc(S(=O)(=O)N(C)c3ccc(C4C[C@@](O)(N5CC6(F)CC5C6)C[C@H](C(=O)Nc5ccc(C(F)(F)F)cc5F)[C@H]4C(=O)O)cc3)ccc2n1C. The minimum atomic E-state index is -4.85. The minimum Gasteiger partial charge on any atom is -0.481 e. The quantitative estimate of drug-likeness (QED) is 0.198. The highest BCUT2D eigenvalue weighted by Gasteiger charge is 2.64. The summed E-state index contributed by atoms with van der Waals surface area (Å²) in [4.78, 5) is 32.7. The van der Waals surface area contributed by atoms with Gasteiger partial charge in [0.15, 0.2) is 0 Å². The molecule has 282 valence electrons. The molecule has 0 spiro atoms. The van der Waals surface area contributed by atoms with Gasteiger partial charge in [-0.1, -0.05) is 12.1 Å². The molecule has 2 saturated heterocycles. The van der Waals surface area contributed by atoms with Crippen LogP contribution in [0.25, 0.3) is 11.0 Å². The number of imidazole rings is 1. The van der Waals surface area contributed by atoms with Crippen LogP contribution in [0.3, 0.4) is 0 Å². The molecule has 17 heteroatoms. The van der Waals surface area contributed by atoms with E-state index in [-0.39, 0.29) is 48.5 Å². The first-order valence-electron chi connectivity index (χ1n) is 16.8. The van der Waals surface area contributed by atoms with E-state index in [1.807, 2.05) is 11.6 Å². The zero-order valence-corrected chi connectivity index (χ0v) is 29.5. The molecule has 2 aliphatic heterocycles. The van der Waals surface area contributed by atoms with Crippen molar-refractivity contribution in [3.63, 3.8) is 0 Å². The van der Waals surface area contributed by atoms with Gasteiger partial charge in [0.25, 0.3) is 10.0 Å². The van der Waals surface area contributed by atoms with Crippen molar-refractivity contribution in [1.82, 2.24) is 14.5 Å². The summed E-state index contributed by atoms with van der Waals surface area (Å²) in [5.74, 6) is -7.33. The Morgan fingerprint density at radius 2 is 1.70 bits per heavy atom. The number of halogens is 5. The number of benzene rings is 3. The van der Waals surface area contributed by atoms with Crippen LogP contribution in [0, 0.1) is 24.6 Å². The average Bonchev–Trinajstić information content (AvgIpc) is 3.71. The summed E-state index contributed by atoms with van der Waals surface area (Å²) < 4.78 is 99.6. The van der Waals surface area contributed by atoms with E-state index in [1.54, 1.807) is 13.0 Å². The van der Waals surface area contributed by atoms with Gasteiger partial charge in [-0.15, -0.1) is 0 Å². The molecule has 4 atom stereocenters. The van der Waals surface area contributed by atoms with E-state index in [2.05, 4.69) is 10.3 Å². The Balaban J connectivity index is 1.20. The zero-order valence-electron chi connectivity index (χ0n) is 28.7. The fourth-order valence-corrected chi connectivity index (χ4v) is 9.46. The molecule has 1 amide bonds. The number of aliphatic carboxylic acids is 1. The number of aliphatic hydroxyl groups is 1. The number of fused-ring (bicyclic) bond motifs is 2. The van der Waals surface area contributed by atoms with E-state index < -0.39 is 80.7 Å². The van der Waals surface area contributed by atoms with Crippen molar-refractivity contribution in [2.24, 2.45) is 18.9 Å². The number of rotatable bonds is 8. The monoisotopic (exact) mass is 761 g/mol. The number of hydrogen-bond acceptors (Lipinski definition) is 7. The average molecular weight is 762 g/mol. The number of nitrogens with one attached hydrogen (secondary N) is 1. The number of nitrogens with zero attached hydrogens (tertiary/aromatic N) is 4. The normalized spacial score (nSPS) is 27.4. The Morgan fingerprint density at radius 1 is 1.02 bits per heavy atom. The molecule has 1 aromatic heterocycles. The highest BCUT2D eigenvalue weighted by atomic mass is 32.2. The second kappa shape index (κ2) is 12.5. The summed E-state index contributed by atoms with van der Waals surface area (Å²) >= 11 is 0. The number of aryl methyl sites for hydroxylation is 2. The van der Waals surface area contributed by atoms with Crippen LogP contribution in [0.4, 0.5) is 33.3 Å². The summed E-state index contributed by atoms with van der Waals surface area (Å²) in [6.07, 6.45) is -5.25. The predicted octanol–water partition coefficient (Wildman–Crippen LogP) is 5.57. The number of hydrogen-bond donors (Lipinski definition) is 3. The third-order valence-electron chi connectivity index (χ3n) is 11.2. The first-order chi connectivity index (χ1) is 24.7. The maximum atomic E-state index is 15.1. The van der Waals surface area contributed by atoms with Gasteiger partial charge in [0.05, 0.1) is 44.7 Å². The molecule has 11 nitrogen and oxygen atoms in total. The molecule has 0 radical (unpaired) electrons. The van der Waals surface area contributed by atoms with Crippen LogP contribution in [0.1, 0.15) is 48.6 Å². The molecule has 3 aromatic carbocycles. The molecular weight excluding hydrogens is 725 g/mol. The maximum Gasteiger partial charge on any atom is 0.416 e. The van der Waals surface area contributed by atoms with Crippen molar-refractivity contribution < 1.29 is 50.2 Å². The smallest absolute Gasteiger partial charge is 0.416 e. The van der Waals surface area contributed by atoms with Crippen molar-refractivity contribution in [1.29, 1.82) is 0 Å². The topological polar surface area (TPSA) is 145 Å². The molecule has 4 fully saturated rings. The minimum absolute atomic E-state index is 0.00840. The Morgan fingerprint density at radius 3 is 2.28 bits per heavy atom. The van der Waals surface area contributed by atoms with Gasteiger partial charge in [-0.25, -0.2) is 22.2 Å². The predicted molar refractivity (Wildman–Crippen MR) is 183 cm³/mol. The van der Waals surface area contributed by atoms with E-state index in [1.165, 1.54) is 48.3 Å². The summed E-state index contributed by atoms with van der Waals surface area (Å²) in [5.41, 5.74) is -3.54. The van der Waals surface area contributed by atoms with Crippen LogP contribution in [0.5, 0.6) is 0 Å². The summed E-state index contributed by atoms with van der Waals surface area (Å²) in [6, 6.07) is 11.6. The fraction of sp³-hybridized carbons (Fsp3) is 0.417. The van der Waals surface area contributed by atoms with E-state index >= 15 is 4.39 Å². The van der Waals surface area contributed by atoms with Crippen LogP contribution in [0.2, 0.25) is 0 Å². The summed E-state index contributed by atoms with van der Waals surface area (Å²) in [6.45, 7) is 1.65. The molecular formula is C36H36F5N5O6S. The molecule has 2 saturated carbocycles. The number of carbonyl (C=O) groups is 2. The highest BCUT2D eigenvalue weighted by Crippen LogP contribution is 2.56. The van der Waals surface area contributed by atoms with Crippen molar-refractivity contribution in [3.05, 3.63) is 83.4 Å². The molecule has 3 heterocycles. The summed E-state index contributed by atoms with van der Waals surface area (Å²) in [5, 5.41) is 24.9. The van der Waals surface area contributed by atoms with Crippen LogP contribution < -0.4 is 9.62 Å². The van der Waals surface area contributed by atoms with Crippen molar-refractivity contribution in [2.45, 2.75) is 67.0 Å². The van der Waals surface area contributed by atoms with Gasteiger partial charge in [0.2, 0.25) is 5.91 Å². The number of anilines is 2. The molecule has 2 aliphatic carbocycles. The van der Waals surface area contributed by atoms with E-state index in [0.29, 0.717) is 23.0 Å². The lowest BCUT2D eigenvalue weighted by atomic mass is 9.65. The number of amides is 1. The van der Waals surface area contributed by atoms with Crippen LogP contribution in [0.15, 0.2) is 65.6 Å². The van der Waals surface area contributed by atoms with Crippen molar-refractivity contribution >= 4 is 44.3 Å². The highest BCUT2D eigenvalue weighted by molar-refractivity contribution is 7.92. The van der Waals surface area contributed by atoms with Gasteiger partial charge in [-0.2, -0.15) is 13.2 Å². The fourth-order valence-electron chi connectivity index (χ4n) is 8.24.